The topological polar surface area (TPSA) is 35.5 Å². The van der Waals surface area contributed by atoms with E-state index in [0.717, 1.165) is 12.8 Å². The highest BCUT2D eigenvalue weighted by molar-refractivity contribution is 4.85. The fourth-order valence-corrected chi connectivity index (χ4v) is 1.88. The average molecular weight is 268 g/mol. The van der Waals surface area contributed by atoms with Gasteiger partial charge in [-0.3, -0.25) is 4.90 Å². The van der Waals surface area contributed by atoms with Gasteiger partial charge in [0.05, 0.1) is 13.2 Å². The smallest absolute Gasteiger partial charge is 0.395 e. The lowest BCUT2D eigenvalue weighted by atomic mass is 10.2. The second kappa shape index (κ2) is 6.73. The molecule has 3 nitrogen and oxygen atoms in total. The van der Waals surface area contributed by atoms with E-state index in [1.807, 2.05) is 0 Å². The molecular weight excluding hydrogens is 245 g/mol. The largest absolute Gasteiger partial charge is 0.401 e. The van der Waals surface area contributed by atoms with Gasteiger partial charge in [0.25, 0.3) is 0 Å². The number of halogens is 3. The maximum Gasteiger partial charge on any atom is 0.401 e. The highest BCUT2D eigenvalue weighted by atomic mass is 19.4. The van der Waals surface area contributed by atoms with Gasteiger partial charge in [0, 0.05) is 24.7 Å². The molecule has 1 atom stereocenters. The van der Waals surface area contributed by atoms with Crippen LogP contribution in [0.4, 0.5) is 13.2 Å². The normalized spacial score (nSPS) is 18.7. The van der Waals surface area contributed by atoms with Crippen LogP contribution in [0.3, 0.4) is 0 Å². The molecule has 1 aliphatic carbocycles. The lowest BCUT2D eigenvalue weighted by molar-refractivity contribution is -0.149. The molecule has 0 aliphatic heterocycles. The predicted molar refractivity (Wildman–Crippen MR) is 64.4 cm³/mol. The first-order valence-corrected chi connectivity index (χ1v) is 6.49. The third-order valence-electron chi connectivity index (χ3n) is 3.15. The molecule has 0 heterocycles. The summed E-state index contributed by atoms with van der Waals surface area (Å²) < 4.78 is 37.2. The third kappa shape index (κ3) is 6.56. The summed E-state index contributed by atoms with van der Waals surface area (Å²) in [4.78, 5) is 1.40. The highest BCUT2D eigenvalue weighted by Crippen LogP contribution is 2.21. The molecule has 1 saturated carbocycles. The maximum absolute atomic E-state index is 12.4. The SMILES string of the molecule is CC(C)N(CCC(CO)NC1CC1)CC(F)(F)F. The van der Waals surface area contributed by atoms with Gasteiger partial charge in [-0.05, 0) is 33.1 Å². The van der Waals surface area contributed by atoms with E-state index in [2.05, 4.69) is 5.32 Å². The van der Waals surface area contributed by atoms with E-state index in [4.69, 9.17) is 0 Å². The molecule has 0 radical (unpaired) electrons. The fraction of sp³-hybridized carbons (Fsp3) is 1.00. The van der Waals surface area contributed by atoms with E-state index >= 15 is 0 Å². The minimum absolute atomic E-state index is 0.0194. The van der Waals surface area contributed by atoms with Crippen LogP contribution < -0.4 is 5.32 Å². The highest BCUT2D eigenvalue weighted by Gasteiger charge is 2.32. The Kier molecular flexibility index (Phi) is 5.88. The molecule has 1 aliphatic rings. The number of nitrogens with one attached hydrogen (secondary N) is 1. The molecule has 1 unspecified atom stereocenters. The van der Waals surface area contributed by atoms with Gasteiger partial charge in [-0.2, -0.15) is 13.2 Å². The lowest BCUT2D eigenvalue weighted by Gasteiger charge is -2.29. The summed E-state index contributed by atoms with van der Waals surface area (Å²) in [5, 5.41) is 12.4. The van der Waals surface area contributed by atoms with E-state index in [1.165, 1.54) is 4.90 Å². The van der Waals surface area contributed by atoms with Crippen LogP contribution in [0.15, 0.2) is 0 Å². The summed E-state index contributed by atoms with van der Waals surface area (Å²) >= 11 is 0. The van der Waals surface area contributed by atoms with Crippen molar-refractivity contribution >= 4 is 0 Å². The third-order valence-corrected chi connectivity index (χ3v) is 3.15. The molecule has 0 aromatic rings. The van der Waals surface area contributed by atoms with Crippen molar-refractivity contribution in [2.24, 2.45) is 0 Å². The molecule has 18 heavy (non-hydrogen) atoms. The first kappa shape index (κ1) is 15.7. The van der Waals surface area contributed by atoms with Crippen molar-refractivity contribution < 1.29 is 18.3 Å². The van der Waals surface area contributed by atoms with Gasteiger partial charge in [-0.25, -0.2) is 0 Å². The minimum atomic E-state index is -4.16. The Labute approximate surface area is 106 Å². The Morgan fingerprint density at radius 3 is 2.33 bits per heavy atom. The van der Waals surface area contributed by atoms with E-state index in [-0.39, 0.29) is 18.7 Å². The molecule has 6 heteroatoms. The molecule has 0 bridgehead atoms. The Hall–Kier alpha value is -0.330. The number of hydrogen-bond donors (Lipinski definition) is 2. The van der Waals surface area contributed by atoms with Gasteiger partial charge >= 0.3 is 6.18 Å². The fourth-order valence-electron chi connectivity index (χ4n) is 1.88. The van der Waals surface area contributed by atoms with Crippen molar-refractivity contribution in [3.05, 3.63) is 0 Å². The first-order chi connectivity index (χ1) is 8.31. The van der Waals surface area contributed by atoms with Gasteiger partial charge in [-0.1, -0.05) is 0 Å². The summed E-state index contributed by atoms with van der Waals surface area (Å²) in [6.07, 6.45) is -1.41. The summed E-state index contributed by atoms with van der Waals surface area (Å²) in [6.45, 7) is 2.96. The Bertz CT molecular complexity index is 242. The van der Waals surface area contributed by atoms with Crippen LogP contribution in [-0.2, 0) is 0 Å². The summed E-state index contributed by atoms with van der Waals surface area (Å²) in [7, 11) is 0. The lowest BCUT2D eigenvalue weighted by Crippen LogP contribution is -2.43. The Morgan fingerprint density at radius 1 is 1.33 bits per heavy atom. The zero-order valence-electron chi connectivity index (χ0n) is 11.0. The van der Waals surface area contributed by atoms with Gasteiger partial charge in [0.15, 0.2) is 0 Å². The van der Waals surface area contributed by atoms with Crippen LogP contribution in [0.25, 0.3) is 0 Å². The zero-order chi connectivity index (χ0) is 13.8. The van der Waals surface area contributed by atoms with Gasteiger partial charge < -0.3 is 10.4 Å². The molecular formula is C12H23F3N2O. The molecule has 0 spiro atoms. The average Bonchev–Trinajstić information content (AvgIpc) is 3.03. The van der Waals surface area contributed by atoms with Crippen molar-refractivity contribution in [1.29, 1.82) is 0 Å². The minimum Gasteiger partial charge on any atom is -0.395 e. The van der Waals surface area contributed by atoms with Crippen LogP contribution >= 0.6 is 0 Å². The Balaban J connectivity index is 2.34. The van der Waals surface area contributed by atoms with Gasteiger partial charge in [0.1, 0.15) is 0 Å². The second-order valence-corrected chi connectivity index (χ2v) is 5.29. The first-order valence-electron chi connectivity index (χ1n) is 6.49. The van der Waals surface area contributed by atoms with E-state index in [9.17, 15) is 18.3 Å². The van der Waals surface area contributed by atoms with Crippen LogP contribution in [-0.4, -0.2) is 54.0 Å². The molecule has 0 aromatic heterocycles. The monoisotopic (exact) mass is 268 g/mol. The molecule has 2 N–H and O–H groups in total. The zero-order valence-corrected chi connectivity index (χ0v) is 11.0. The molecule has 0 saturated heterocycles. The predicted octanol–water partition coefficient (Wildman–Crippen LogP) is 1.76. The van der Waals surface area contributed by atoms with Crippen molar-refractivity contribution in [2.45, 2.75) is 57.4 Å². The van der Waals surface area contributed by atoms with Crippen LogP contribution in [0.2, 0.25) is 0 Å². The van der Waals surface area contributed by atoms with Crippen LogP contribution in [0, 0.1) is 0 Å². The van der Waals surface area contributed by atoms with Crippen molar-refractivity contribution in [3.8, 4) is 0 Å². The summed E-state index contributed by atoms with van der Waals surface area (Å²) in [6, 6.07) is 0.219. The quantitative estimate of drug-likeness (QED) is 0.704. The van der Waals surface area contributed by atoms with E-state index in [1.54, 1.807) is 13.8 Å². The second-order valence-electron chi connectivity index (χ2n) is 5.29. The van der Waals surface area contributed by atoms with Crippen molar-refractivity contribution in [1.82, 2.24) is 10.2 Å². The number of hydrogen-bond acceptors (Lipinski definition) is 3. The Morgan fingerprint density at radius 2 is 1.94 bits per heavy atom. The summed E-state index contributed by atoms with van der Waals surface area (Å²) in [5.41, 5.74) is 0. The number of rotatable bonds is 8. The number of nitrogens with zero attached hydrogens (tertiary/aromatic N) is 1. The molecule has 108 valence electrons. The molecule has 0 amide bonds. The van der Waals surface area contributed by atoms with Crippen LogP contribution in [0.5, 0.6) is 0 Å². The van der Waals surface area contributed by atoms with Gasteiger partial charge in [-0.15, -0.1) is 0 Å². The van der Waals surface area contributed by atoms with Crippen molar-refractivity contribution in [3.63, 3.8) is 0 Å². The van der Waals surface area contributed by atoms with E-state index < -0.39 is 12.7 Å². The molecule has 1 rings (SSSR count). The molecule has 1 fully saturated rings. The summed E-state index contributed by atoms with van der Waals surface area (Å²) in [5.74, 6) is 0. The van der Waals surface area contributed by atoms with E-state index in [0.29, 0.717) is 19.0 Å². The molecule has 0 aromatic carbocycles. The van der Waals surface area contributed by atoms with Crippen LogP contribution in [0.1, 0.15) is 33.1 Å². The van der Waals surface area contributed by atoms with Crippen molar-refractivity contribution in [2.75, 3.05) is 19.7 Å². The number of aliphatic hydroxyl groups excluding tert-OH is 1. The standard InChI is InChI=1S/C12H23F3N2O/c1-9(2)17(8-12(13,14)15)6-5-11(7-18)16-10-3-4-10/h9-11,16,18H,3-8H2,1-2H3. The maximum atomic E-state index is 12.4. The number of aliphatic hydroxyl groups is 1. The van der Waals surface area contributed by atoms with Gasteiger partial charge in [0.2, 0.25) is 0 Å². The number of alkyl halides is 3.